The number of hydrogen-bond donors (Lipinski definition) is 1. The molecule has 0 spiro atoms. The molecule has 2 N–H and O–H groups in total. The van der Waals surface area contributed by atoms with Gasteiger partial charge in [0.15, 0.2) is 0 Å². The quantitative estimate of drug-likeness (QED) is 0.849. The van der Waals surface area contributed by atoms with E-state index in [-0.39, 0.29) is 11.5 Å². The summed E-state index contributed by atoms with van der Waals surface area (Å²) in [6.45, 7) is 12.7. The summed E-state index contributed by atoms with van der Waals surface area (Å²) < 4.78 is 4.79. The van der Waals surface area contributed by atoms with Crippen molar-refractivity contribution >= 4 is 22.3 Å². The molecule has 0 radical (unpaired) electrons. The number of anilines is 1. The maximum Gasteiger partial charge on any atom is 0.341 e. The van der Waals surface area contributed by atoms with E-state index >= 15 is 0 Å². The minimum absolute atomic E-state index is 0.149. The molecule has 0 aliphatic rings. The van der Waals surface area contributed by atoms with Crippen LogP contribution in [-0.4, -0.2) is 36.6 Å². The van der Waals surface area contributed by atoms with Gasteiger partial charge in [-0.15, -0.1) is 11.3 Å². The Kier molecular flexibility index (Phi) is 5.59. The average Bonchev–Trinajstić information content (AvgIpc) is 2.63. The van der Waals surface area contributed by atoms with Gasteiger partial charge >= 0.3 is 5.97 Å². The van der Waals surface area contributed by atoms with Crippen molar-refractivity contribution in [3.05, 3.63) is 16.0 Å². The van der Waals surface area contributed by atoms with Gasteiger partial charge in [-0.3, -0.25) is 4.90 Å². The summed E-state index contributed by atoms with van der Waals surface area (Å²) in [6, 6.07) is 0. The number of rotatable bonds is 5. The zero-order valence-corrected chi connectivity index (χ0v) is 14.2. The Morgan fingerprint density at radius 2 is 2.00 bits per heavy atom. The number of hydrogen-bond acceptors (Lipinski definition) is 5. The largest absolute Gasteiger partial charge is 0.465 e. The van der Waals surface area contributed by atoms with Crippen LogP contribution in [0.3, 0.4) is 0 Å². The molecule has 0 atom stereocenters. The molecule has 114 valence electrons. The molecule has 1 aromatic rings. The zero-order chi connectivity index (χ0) is 15.5. The van der Waals surface area contributed by atoms with E-state index < -0.39 is 0 Å². The fourth-order valence-electron chi connectivity index (χ4n) is 2.38. The molecule has 0 fully saturated rings. The maximum absolute atomic E-state index is 11.7. The highest BCUT2D eigenvalue weighted by Gasteiger charge is 2.22. The van der Waals surface area contributed by atoms with E-state index in [1.165, 1.54) is 23.3 Å². The predicted molar refractivity (Wildman–Crippen MR) is 85.5 cm³/mol. The highest BCUT2D eigenvalue weighted by molar-refractivity contribution is 7.16. The topological polar surface area (TPSA) is 55.6 Å². The second-order valence-corrected chi connectivity index (χ2v) is 7.02. The highest BCUT2D eigenvalue weighted by Crippen LogP contribution is 2.31. The van der Waals surface area contributed by atoms with Crippen molar-refractivity contribution in [2.45, 2.75) is 46.6 Å². The second kappa shape index (κ2) is 6.59. The normalized spacial score (nSPS) is 11.9. The van der Waals surface area contributed by atoms with Gasteiger partial charge in [0.1, 0.15) is 5.00 Å². The zero-order valence-electron chi connectivity index (χ0n) is 13.4. The van der Waals surface area contributed by atoms with Gasteiger partial charge in [-0.05, 0) is 46.2 Å². The second-order valence-electron chi connectivity index (χ2n) is 5.88. The lowest BCUT2D eigenvalue weighted by Crippen LogP contribution is -2.42. The standard InChI is InChI=1S/C15H26N2O2S/c1-7-17(15(3,4)5)9-8-11-10(2)12(13(16)20-11)14(18)19-6/h7-9,16H2,1-6H3. The molecule has 0 unspecified atom stereocenters. The molecule has 0 saturated carbocycles. The summed E-state index contributed by atoms with van der Waals surface area (Å²) in [4.78, 5) is 15.3. The Morgan fingerprint density at radius 3 is 2.45 bits per heavy atom. The van der Waals surface area contributed by atoms with Gasteiger partial charge in [-0.25, -0.2) is 4.79 Å². The number of thiophene rings is 1. The van der Waals surface area contributed by atoms with Crippen LogP contribution >= 0.6 is 11.3 Å². The molecule has 1 rings (SSSR count). The van der Waals surface area contributed by atoms with Crippen molar-refractivity contribution in [1.82, 2.24) is 4.90 Å². The van der Waals surface area contributed by atoms with Crippen LogP contribution in [0.15, 0.2) is 0 Å². The van der Waals surface area contributed by atoms with E-state index in [1.54, 1.807) is 0 Å². The van der Waals surface area contributed by atoms with Crippen molar-refractivity contribution in [2.75, 3.05) is 25.9 Å². The maximum atomic E-state index is 11.7. The molecule has 0 amide bonds. The fraction of sp³-hybridized carbons (Fsp3) is 0.667. The summed E-state index contributed by atoms with van der Waals surface area (Å²) in [5, 5.41) is 0.558. The number of likely N-dealkylation sites (N-methyl/N-ethyl adjacent to an activating group) is 1. The Bertz CT molecular complexity index is 475. The Hall–Kier alpha value is -1.07. The summed E-state index contributed by atoms with van der Waals surface area (Å²) in [5.74, 6) is -0.342. The number of ether oxygens (including phenoxy) is 1. The van der Waals surface area contributed by atoms with Gasteiger partial charge in [0.25, 0.3) is 0 Å². The van der Waals surface area contributed by atoms with Crippen LogP contribution in [0.4, 0.5) is 5.00 Å². The molecular formula is C15H26N2O2S. The first-order valence-electron chi connectivity index (χ1n) is 6.93. The predicted octanol–water partition coefficient (Wildman–Crippen LogP) is 3.09. The first-order valence-corrected chi connectivity index (χ1v) is 7.75. The molecule has 5 heteroatoms. The van der Waals surface area contributed by atoms with Crippen LogP contribution in [0.1, 0.15) is 48.5 Å². The van der Waals surface area contributed by atoms with Gasteiger partial charge in [0.2, 0.25) is 0 Å². The molecule has 20 heavy (non-hydrogen) atoms. The lowest BCUT2D eigenvalue weighted by Gasteiger charge is -2.34. The monoisotopic (exact) mass is 298 g/mol. The third kappa shape index (κ3) is 3.73. The molecule has 1 heterocycles. The third-order valence-corrected chi connectivity index (χ3v) is 4.78. The van der Waals surface area contributed by atoms with Crippen molar-refractivity contribution in [3.8, 4) is 0 Å². The van der Waals surface area contributed by atoms with Gasteiger partial charge in [0, 0.05) is 17.0 Å². The molecule has 0 aliphatic heterocycles. The fourth-order valence-corrected chi connectivity index (χ4v) is 3.44. The summed E-state index contributed by atoms with van der Waals surface area (Å²) in [7, 11) is 1.39. The van der Waals surface area contributed by atoms with Gasteiger partial charge in [-0.2, -0.15) is 0 Å². The number of esters is 1. The Balaban J connectivity index is 2.87. The lowest BCUT2D eigenvalue weighted by atomic mass is 10.0. The van der Waals surface area contributed by atoms with Crippen LogP contribution in [0, 0.1) is 6.92 Å². The van der Waals surface area contributed by atoms with E-state index in [0.29, 0.717) is 10.6 Å². The van der Waals surface area contributed by atoms with Crippen LogP contribution in [0.5, 0.6) is 0 Å². The van der Waals surface area contributed by atoms with Crippen molar-refractivity contribution < 1.29 is 9.53 Å². The highest BCUT2D eigenvalue weighted by atomic mass is 32.1. The van der Waals surface area contributed by atoms with Crippen molar-refractivity contribution in [3.63, 3.8) is 0 Å². The number of carbonyl (C=O) groups is 1. The number of nitrogens with two attached hydrogens (primary N) is 1. The number of carbonyl (C=O) groups excluding carboxylic acids is 1. The minimum atomic E-state index is -0.342. The van der Waals surface area contributed by atoms with Crippen LogP contribution in [-0.2, 0) is 11.2 Å². The lowest BCUT2D eigenvalue weighted by molar-refractivity contribution is 0.0601. The molecule has 4 nitrogen and oxygen atoms in total. The van der Waals surface area contributed by atoms with E-state index in [2.05, 4.69) is 32.6 Å². The van der Waals surface area contributed by atoms with E-state index in [9.17, 15) is 4.79 Å². The first-order chi connectivity index (χ1) is 9.22. The van der Waals surface area contributed by atoms with E-state index in [1.807, 2.05) is 6.92 Å². The van der Waals surface area contributed by atoms with Gasteiger partial charge < -0.3 is 10.5 Å². The summed E-state index contributed by atoms with van der Waals surface area (Å²) in [5.41, 5.74) is 7.59. The van der Waals surface area contributed by atoms with Crippen molar-refractivity contribution in [1.29, 1.82) is 0 Å². The van der Waals surface area contributed by atoms with Crippen LogP contribution in [0.2, 0.25) is 0 Å². The van der Waals surface area contributed by atoms with Gasteiger partial charge in [-0.1, -0.05) is 6.92 Å². The molecule has 0 aliphatic carbocycles. The smallest absolute Gasteiger partial charge is 0.341 e. The summed E-state index contributed by atoms with van der Waals surface area (Å²) in [6.07, 6.45) is 0.906. The molecule has 1 aromatic heterocycles. The molecule has 0 bridgehead atoms. The molecule has 0 aromatic carbocycles. The SMILES string of the molecule is CCN(CCc1sc(N)c(C(=O)OC)c1C)C(C)(C)C. The number of nitrogens with zero attached hydrogens (tertiary/aromatic N) is 1. The number of methoxy groups -OCH3 is 1. The van der Waals surface area contributed by atoms with Crippen molar-refractivity contribution in [2.24, 2.45) is 0 Å². The summed E-state index contributed by atoms with van der Waals surface area (Å²) >= 11 is 1.50. The van der Waals surface area contributed by atoms with Crippen LogP contribution in [0.25, 0.3) is 0 Å². The Morgan fingerprint density at radius 1 is 1.40 bits per heavy atom. The Labute approximate surface area is 125 Å². The van der Waals surface area contributed by atoms with E-state index in [4.69, 9.17) is 10.5 Å². The molecular weight excluding hydrogens is 272 g/mol. The number of nitrogen functional groups attached to an aromatic ring is 1. The first kappa shape index (κ1) is 17.0. The minimum Gasteiger partial charge on any atom is -0.465 e. The van der Waals surface area contributed by atoms with E-state index in [0.717, 1.165) is 25.1 Å². The molecule has 0 saturated heterocycles. The average molecular weight is 298 g/mol. The third-order valence-electron chi connectivity index (χ3n) is 3.60. The van der Waals surface area contributed by atoms with Gasteiger partial charge in [0.05, 0.1) is 12.7 Å². The van der Waals surface area contributed by atoms with Crippen LogP contribution < -0.4 is 5.73 Å².